The third kappa shape index (κ3) is 7.81. The van der Waals surface area contributed by atoms with Gasteiger partial charge in [0.05, 0.1) is 13.2 Å². The summed E-state index contributed by atoms with van der Waals surface area (Å²) >= 11 is 0. The number of hydrogen-bond acceptors (Lipinski definition) is 2. The van der Waals surface area contributed by atoms with Crippen LogP contribution < -0.4 is 0 Å². The van der Waals surface area contributed by atoms with Gasteiger partial charge in [0.25, 0.3) is 0 Å². The van der Waals surface area contributed by atoms with Crippen molar-refractivity contribution >= 4 is 19.7 Å². The summed E-state index contributed by atoms with van der Waals surface area (Å²) in [7, 11) is -1.91. The molecule has 0 amide bonds. The van der Waals surface area contributed by atoms with Gasteiger partial charge in [-0.1, -0.05) is 108 Å². The summed E-state index contributed by atoms with van der Waals surface area (Å²) < 4.78 is 12.0. The van der Waals surface area contributed by atoms with Crippen LogP contribution in [-0.2, 0) is 9.47 Å². The minimum Gasteiger partial charge on any atom is -0.377 e. The lowest BCUT2D eigenvalue weighted by Gasteiger charge is -2.38. The van der Waals surface area contributed by atoms with E-state index in [-0.39, 0.29) is 0 Å². The van der Waals surface area contributed by atoms with E-state index in [0.29, 0.717) is 43.1 Å². The molecule has 2 nitrogen and oxygen atoms in total. The molecule has 0 saturated carbocycles. The van der Waals surface area contributed by atoms with Crippen LogP contribution >= 0.6 is 0 Å². The number of benzene rings is 2. The molecule has 3 heteroatoms. The molecule has 0 aliphatic carbocycles. The molecule has 0 N–H and O–H groups in total. The molecule has 0 heterocycles. The molecule has 0 unspecified atom stereocenters. The molecule has 0 fully saturated rings. The van der Waals surface area contributed by atoms with Crippen LogP contribution in [0.3, 0.4) is 0 Å². The third-order valence-electron chi connectivity index (χ3n) is 7.03. The minimum atomic E-state index is -1.91. The van der Waals surface area contributed by atoms with E-state index in [1.54, 1.807) is 0 Å². The van der Waals surface area contributed by atoms with E-state index < -0.39 is 8.07 Å². The second kappa shape index (κ2) is 15.0. The highest BCUT2D eigenvalue weighted by atomic mass is 28.3. The van der Waals surface area contributed by atoms with Crippen molar-refractivity contribution in [2.24, 2.45) is 0 Å². The number of ether oxygens (including phenoxy) is 2. The standard InChI is InChI=1S/C33H46O2Si/c1-9-34-24-31(21-22-36(26(3)4,27(5)6)28(7)8)33(30-19-15-12-16-20-30)32(25-35-10-2)23-29-17-13-11-14-18-29/h11-20,23,26-28H,9-10,24-25H2,1-8H3/b32-23+,33-31+. The van der Waals surface area contributed by atoms with Crippen LogP contribution in [0.5, 0.6) is 0 Å². The van der Waals surface area contributed by atoms with Gasteiger partial charge < -0.3 is 9.47 Å². The topological polar surface area (TPSA) is 18.5 Å². The van der Waals surface area contributed by atoms with Crippen molar-refractivity contribution in [3.8, 4) is 11.5 Å². The van der Waals surface area contributed by atoms with Gasteiger partial charge in [0.2, 0.25) is 0 Å². The molecule has 36 heavy (non-hydrogen) atoms. The third-order valence-corrected chi connectivity index (χ3v) is 13.3. The molecule has 0 spiro atoms. The first-order chi connectivity index (χ1) is 17.3. The average molecular weight is 503 g/mol. The molecule has 0 radical (unpaired) electrons. The Morgan fingerprint density at radius 1 is 0.750 bits per heavy atom. The van der Waals surface area contributed by atoms with Crippen LogP contribution in [0.1, 0.15) is 66.5 Å². The Labute approximate surface area is 221 Å². The van der Waals surface area contributed by atoms with E-state index >= 15 is 0 Å². The van der Waals surface area contributed by atoms with E-state index in [4.69, 9.17) is 9.47 Å². The van der Waals surface area contributed by atoms with Crippen LogP contribution in [0.2, 0.25) is 16.6 Å². The van der Waals surface area contributed by atoms with E-state index in [2.05, 4.69) is 114 Å². The normalized spacial score (nSPS) is 13.1. The summed E-state index contributed by atoms with van der Waals surface area (Å²) in [6.07, 6.45) is 2.24. The van der Waals surface area contributed by atoms with Crippen molar-refractivity contribution in [1.29, 1.82) is 0 Å². The Kier molecular flexibility index (Phi) is 12.4. The van der Waals surface area contributed by atoms with Crippen LogP contribution in [0.15, 0.2) is 71.8 Å². The molecule has 0 atom stereocenters. The predicted molar refractivity (Wildman–Crippen MR) is 160 cm³/mol. The molecule has 2 rings (SSSR count). The van der Waals surface area contributed by atoms with Crippen molar-refractivity contribution in [1.82, 2.24) is 0 Å². The summed E-state index contributed by atoms with van der Waals surface area (Å²) in [5, 5.41) is 0. The Balaban J connectivity index is 2.89. The number of rotatable bonds is 12. The van der Waals surface area contributed by atoms with Crippen LogP contribution in [0, 0.1) is 11.5 Å². The van der Waals surface area contributed by atoms with E-state index in [9.17, 15) is 0 Å². The maximum Gasteiger partial charge on any atom is 0.146 e. The fourth-order valence-corrected chi connectivity index (χ4v) is 10.5. The van der Waals surface area contributed by atoms with Gasteiger partial charge in [-0.25, -0.2) is 0 Å². The van der Waals surface area contributed by atoms with Gasteiger partial charge in [-0.2, -0.15) is 0 Å². The first kappa shape index (κ1) is 29.8. The second-order valence-electron chi connectivity index (χ2n) is 10.2. The Bertz CT molecular complexity index is 1020. The molecule has 0 aliphatic rings. The molecule has 2 aromatic carbocycles. The first-order valence-corrected chi connectivity index (χ1v) is 15.7. The van der Waals surface area contributed by atoms with Gasteiger partial charge in [0.15, 0.2) is 0 Å². The minimum absolute atomic E-state index is 0.491. The molecule has 0 bridgehead atoms. The fourth-order valence-electron chi connectivity index (χ4n) is 5.30. The zero-order valence-corrected chi connectivity index (χ0v) is 24.7. The molecule has 0 aromatic heterocycles. The summed E-state index contributed by atoms with van der Waals surface area (Å²) in [5.41, 5.74) is 11.3. The highest BCUT2D eigenvalue weighted by Crippen LogP contribution is 2.41. The Morgan fingerprint density at radius 2 is 1.25 bits per heavy atom. The first-order valence-electron chi connectivity index (χ1n) is 13.5. The molecule has 194 valence electrons. The SMILES string of the molecule is CCOCC(=C\c1ccccc1)/C(=C(\C#C[Si](C(C)C)(C(C)C)C(C)C)COCC)c1ccccc1. The van der Waals surface area contributed by atoms with Crippen LogP contribution in [0.25, 0.3) is 11.6 Å². The summed E-state index contributed by atoms with van der Waals surface area (Å²) in [5.74, 6) is 3.75. The van der Waals surface area contributed by atoms with Crippen molar-refractivity contribution < 1.29 is 9.47 Å². The monoisotopic (exact) mass is 502 g/mol. The zero-order chi connectivity index (χ0) is 26.6. The molecular weight excluding hydrogens is 456 g/mol. The molecular formula is C33H46O2Si. The maximum absolute atomic E-state index is 6.04. The van der Waals surface area contributed by atoms with E-state index in [1.807, 2.05) is 19.9 Å². The van der Waals surface area contributed by atoms with Gasteiger partial charge in [0, 0.05) is 24.4 Å². The highest BCUT2D eigenvalue weighted by molar-refractivity contribution is 6.90. The Hall–Kier alpha value is -2.38. The molecule has 0 saturated heterocycles. The average Bonchev–Trinajstić information content (AvgIpc) is 2.86. The van der Waals surface area contributed by atoms with Crippen molar-refractivity contribution in [2.75, 3.05) is 26.4 Å². The lowest BCUT2D eigenvalue weighted by molar-refractivity contribution is 0.171. The lowest BCUT2D eigenvalue weighted by atomic mass is 9.92. The zero-order valence-electron chi connectivity index (χ0n) is 23.7. The van der Waals surface area contributed by atoms with Gasteiger partial charge in [-0.05, 0) is 53.2 Å². The van der Waals surface area contributed by atoms with Crippen LogP contribution in [0.4, 0.5) is 0 Å². The largest absolute Gasteiger partial charge is 0.377 e. The van der Waals surface area contributed by atoms with Gasteiger partial charge in [0.1, 0.15) is 8.07 Å². The van der Waals surface area contributed by atoms with Crippen molar-refractivity contribution in [3.05, 3.63) is 82.9 Å². The van der Waals surface area contributed by atoms with E-state index in [1.165, 1.54) is 0 Å². The van der Waals surface area contributed by atoms with Crippen molar-refractivity contribution in [2.45, 2.75) is 72.0 Å². The molecule has 2 aromatic rings. The summed E-state index contributed by atoms with van der Waals surface area (Å²) in [4.78, 5) is 0. The predicted octanol–water partition coefficient (Wildman–Crippen LogP) is 8.82. The highest BCUT2D eigenvalue weighted by Gasteiger charge is 2.41. The summed E-state index contributed by atoms with van der Waals surface area (Å²) in [6, 6.07) is 21.1. The van der Waals surface area contributed by atoms with Gasteiger partial charge in [-0.15, -0.1) is 5.54 Å². The fraction of sp³-hybridized carbons (Fsp3) is 0.455. The summed E-state index contributed by atoms with van der Waals surface area (Å²) in [6.45, 7) is 20.6. The molecule has 0 aliphatic heterocycles. The second-order valence-corrected chi connectivity index (χ2v) is 15.8. The van der Waals surface area contributed by atoms with Crippen molar-refractivity contribution in [3.63, 3.8) is 0 Å². The lowest BCUT2D eigenvalue weighted by Crippen LogP contribution is -2.43. The van der Waals surface area contributed by atoms with E-state index in [0.717, 1.165) is 27.8 Å². The van der Waals surface area contributed by atoms with Crippen LogP contribution in [-0.4, -0.2) is 34.5 Å². The number of hydrogen-bond donors (Lipinski definition) is 0. The smallest absolute Gasteiger partial charge is 0.146 e. The van der Waals surface area contributed by atoms with Gasteiger partial charge in [-0.3, -0.25) is 0 Å². The quantitative estimate of drug-likeness (QED) is 0.164. The maximum atomic E-state index is 6.04. The Morgan fingerprint density at radius 3 is 1.75 bits per heavy atom. The van der Waals surface area contributed by atoms with Gasteiger partial charge >= 0.3 is 0 Å².